The molecule has 2 aliphatic rings. The van der Waals surface area contributed by atoms with Crippen molar-refractivity contribution in [1.29, 1.82) is 0 Å². The summed E-state index contributed by atoms with van der Waals surface area (Å²) in [5.74, 6) is -9.35. The van der Waals surface area contributed by atoms with Gasteiger partial charge in [-0.05, 0) is 81.3 Å². The summed E-state index contributed by atoms with van der Waals surface area (Å²) in [5, 5.41) is 26.3. The molecule has 1 unspecified atom stereocenters. The van der Waals surface area contributed by atoms with Crippen molar-refractivity contribution in [3.05, 3.63) is 58.8 Å². The minimum Gasteiger partial charge on any atom is -0.496 e. The van der Waals surface area contributed by atoms with Crippen LogP contribution in [0.4, 0.5) is 32.4 Å². The Balaban J connectivity index is 1.70. The number of nitrogens with one attached hydrogen (secondary N) is 1. The summed E-state index contributed by atoms with van der Waals surface area (Å²) >= 11 is 0. The van der Waals surface area contributed by atoms with Crippen LogP contribution in [0.1, 0.15) is 79.5 Å². The molecule has 0 bridgehead atoms. The zero-order valence-electron chi connectivity index (χ0n) is 28.2. The lowest BCUT2D eigenvalue weighted by Crippen LogP contribution is -2.58. The number of aryl methyl sites for hydroxylation is 1. The lowest BCUT2D eigenvalue weighted by atomic mass is 9.58. The van der Waals surface area contributed by atoms with E-state index in [-0.39, 0.29) is 52.7 Å². The SMILES string of the molecule is COC(=O)c1ccc(C2CC3(CCN2C(O)(O)c2c(OC)cc(C)c4c2ccn4C(=O)OC(C)(C)C)CC(F)(F)C3)c(NC(=O)C(F)(F)F)c1. The van der Waals surface area contributed by atoms with E-state index >= 15 is 0 Å². The van der Waals surface area contributed by atoms with Crippen LogP contribution < -0.4 is 10.1 Å². The van der Waals surface area contributed by atoms with Crippen molar-refractivity contribution < 1.29 is 60.8 Å². The monoisotopic (exact) mass is 711 g/mol. The van der Waals surface area contributed by atoms with Gasteiger partial charge in [-0.25, -0.2) is 23.3 Å². The number of esters is 1. The molecule has 16 heteroatoms. The second-order valence-corrected chi connectivity index (χ2v) is 14.0. The van der Waals surface area contributed by atoms with Crippen molar-refractivity contribution in [1.82, 2.24) is 9.47 Å². The van der Waals surface area contributed by atoms with Crippen molar-refractivity contribution >= 4 is 34.6 Å². The van der Waals surface area contributed by atoms with Crippen LogP contribution in [0.25, 0.3) is 10.9 Å². The number of nitrogens with zero attached hydrogens (tertiary/aromatic N) is 2. The maximum atomic E-state index is 14.3. The number of alkyl halides is 5. The number of piperidine rings is 1. The third kappa shape index (κ3) is 6.88. The molecular weight excluding hydrogens is 673 g/mol. The Kier molecular flexibility index (Phi) is 9.24. The molecule has 1 aliphatic carbocycles. The predicted molar refractivity (Wildman–Crippen MR) is 169 cm³/mol. The first-order chi connectivity index (χ1) is 23.0. The van der Waals surface area contributed by atoms with E-state index in [2.05, 4.69) is 4.74 Å². The molecule has 2 heterocycles. The van der Waals surface area contributed by atoms with Crippen LogP contribution in [-0.2, 0) is 20.2 Å². The molecule has 5 rings (SSSR count). The molecule has 11 nitrogen and oxygen atoms in total. The standard InChI is InChI=1S/C34H38F5N3O8/c1-18-13-24(48-5)25(21-9-11-41(26(18)21)29(45)50-30(2,3)4)34(46,47)42-12-10-31(16-32(35,36)17-31)15-23(42)20-8-7-19(27(43)49-6)14-22(20)40-28(44)33(37,38)39/h7-9,11,13-14,23,46-47H,10,12,15-17H2,1-6H3,(H,40,44). The number of fused-ring (bicyclic) bond motifs is 1. The second kappa shape index (κ2) is 12.5. The molecule has 50 heavy (non-hydrogen) atoms. The molecule has 1 aromatic heterocycles. The highest BCUT2D eigenvalue weighted by Crippen LogP contribution is 2.62. The summed E-state index contributed by atoms with van der Waals surface area (Å²) in [6.07, 6.45) is -5.95. The van der Waals surface area contributed by atoms with Crippen molar-refractivity contribution in [3.63, 3.8) is 0 Å². The summed E-state index contributed by atoms with van der Waals surface area (Å²) in [7, 11) is 2.33. The van der Waals surface area contributed by atoms with Crippen LogP contribution >= 0.6 is 0 Å². The van der Waals surface area contributed by atoms with Crippen molar-refractivity contribution in [2.45, 2.75) is 83.0 Å². The van der Waals surface area contributed by atoms with Gasteiger partial charge in [0.05, 0.1) is 30.9 Å². The molecule has 272 valence electrons. The lowest BCUT2D eigenvalue weighted by Gasteiger charge is -2.56. The number of rotatable bonds is 6. The molecular formula is C34H38F5N3O8. The second-order valence-electron chi connectivity index (χ2n) is 14.0. The molecule has 3 aromatic rings. The average molecular weight is 712 g/mol. The first-order valence-electron chi connectivity index (χ1n) is 15.6. The van der Waals surface area contributed by atoms with Crippen LogP contribution in [-0.4, -0.2) is 76.1 Å². The first-order valence-corrected chi connectivity index (χ1v) is 15.6. The van der Waals surface area contributed by atoms with Gasteiger partial charge in [0.25, 0.3) is 5.91 Å². The Hall–Kier alpha value is -4.28. The minimum absolute atomic E-state index is 0.0252. The summed E-state index contributed by atoms with van der Waals surface area (Å²) < 4.78 is 86.1. The van der Waals surface area contributed by atoms with E-state index in [0.29, 0.717) is 5.56 Å². The van der Waals surface area contributed by atoms with E-state index in [9.17, 15) is 46.5 Å². The fraction of sp³-hybridized carbons (Fsp3) is 0.500. The summed E-state index contributed by atoms with van der Waals surface area (Å²) in [6, 6.07) is 4.97. The topological polar surface area (TPSA) is 140 Å². The van der Waals surface area contributed by atoms with E-state index < -0.39 is 71.6 Å². The highest BCUT2D eigenvalue weighted by Gasteiger charge is 2.60. The highest BCUT2D eigenvalue weighted by molar-refractivity contribution is 5.98. The van der Waals surface area contributed by atoms with Gasteiger partial charge in [-0.15, -0.1) is 0 Å². The average Bonchev–Trinajstić information content (AvgIpc) is 3.43. The highest BCUT2D eigenvalue weighted by atomic mass is 19.4. The van der Waals surface area contributed by atoms with Gasteiger partial charge in [0.15, 0.2) is 0 Å². The fourth-order valence-corrected chi connectivity index (χ4v) is 7.17. The van der Waals surface area contributed by atoms with Crippen LogP contribution in [0.5, 0.6) is 5.75 Å². The molecule has 0 radical (unpaired) electrons. The zero-order valence-corrected chi connectivity index (χ0v) is 28.2. The van der Waals surface area contributed by atoms with Crippen molar-refractivity contribution in [2.24, 2.45) is 5.41 Å². The van der Waals surface area contributed by atoms with Gasteiger partial charge in [0.1, 0.15) is 11.4 Å². The number of likely N-dealkylation sites (tertiary alicyclic amines) is 1. The van der Waals surface area contributed by atoms with E-state index in [1.165, 1.54) is 42.1 Å². The number of ether oxygens (including phenoxy) is 3. The molecule has 1 saturated heterocycles. The minimum atomic E-state index is -5.35. The van der Waals surface area contributed by atoms with E-state index in [1.54, 1.807) is 33.0 Å². The molecule has 1 saturated carbocycles. The maximum absolute atomic E-state index is 14.3. The number of carbonyl (C=O) groups is 3. The number of hydrogen-bond acceptors (Lipinski definition) is 9. The maximum Gasteiger partial charge on any atom is 0.471 e. The number of benzene rings is 2. The van der Waals surface area contributed by atoms with E-state index in [0.717, 1.165) is 18.1 Å². The number of methoxy groups -OCH3 is 2. The largest absolute Gasteiger partial charge is 0.496 e. The lowest BCUT2D eigenvalue weighted by molar-refractivity contribution is -0.307. The van der Waals surface area contributed by atoms with E-state index in [4.69, 9.17) is 9.47 Å². The van der Waals surface area contributed by atoms with Crippen LogP contribution in [0.3, 0.4) is 0 Å². The van der Waals surface area contributed by atoms with Crippen LogP contribution in [0, 0.1) is 12.3 Å². The van der Waals surface area contributed by atoms with Gasteiger partial charge in [-0.2, -0.15) is 13.2 Å². The number of anilines is 1. The molecule has 2 fully saturated rings. The Morgan fingerprint density at radius 3 is 2.24 bits per heavy atom. The predicted octanol–water partition coefficient (Wildman–Crippen LogP) is 6.38. The van der Waals surface area contributed by atoms with Gasteiger partial charge in [-0.1, -0.05) is 6.07 Å². The van der Waals surface area contributed by atoms with Crippen molar-refractivity contribution in [2.75, 3.05) is 26.1 Å². The number of halogens is 5. The smallest absolute Gasteiger partial charge is 0.471 e. The number of amides is 1. The molecule has 1 spiro atoms. The molecule has 1 atom stereocenters. The van der Waals surface area contributed by atoms with Crippen LogP contribution in [0.2, 0.25) is 0 Å². The van der Waals surface area contributed by atoms with Gasteiger partial charge in [0, 0.05) is 42.7 Å². The Morgan fingerprint density at radius 2 is 1.68 bits per heavy atom. The zero-order chi connectivity index (χ0) is 37.2. The first kappa shape index (κ1) is 37.0. The van der Waals surface area contributed by atoms with Crippen molar-refractivity contribution in [3.8, 4) is 5.75 Å². The molecule has 3 N–H and O–H groups in total. The number of hydrogen-bond donors (Lipinski definition) is 3. The Labute approximate surface area is 283 Å². The normalized spacial score (nSPS) is 19.2. The van der Waals surface area contributed by atoms with Gasteiger partial charge >= 0.3 is 24.1 Å². The van der Waals surface area contributed by atoms with Gasteiger partial charge < -0.3 is 29.7 Å². The number of carbonyl (C=O) groups excluding carboxylic acids is 3. The quantitative estimate of drug-likeness (QED) is 0.151. The van der Waals surface area contributed by atoms with Gasteiger partial charge in [0.2, 0.25) is 5.92 Å². The Morgan fingerprint density at radius 1 is 1.02 bits per heavy atom. The molecule has 1 amide bonds. The third-order valence-electron chi connectivity index (χ3n) is 9.16. The van der Waals surface area contributed by atoms with E-state index in [1.807, 2.05) is 0 Å². The number of aliphatic hydroxyl groups is 2. The molecule has 2 aromatic carbocycles. The fourth-order valence-electron chi connectivity index (χ4n) is 7.17. The molecule has 1 aliphatic heterocycles. The number of aromatic nitrogens is 1. The summed E-state index contributed by atoms with van der Waals surface area (Å²) in [5.41, 5.74) is -2.25. The third-order valence-corrected chi connectivity index (χ3v) is 9.16. The summed E-state index contributed by atoms with van der Waals surface area (Å²) in [6.45, 7) is 6.44. The summed E-state index contributed by atoms with van der Waals surface area (Å²) in [4.78, 5) is 38.8. The Bertz CT molecular complexity index is 1840. The van der Waals surface area contributed by atoms with Crippen LogP contribution in [0.15, 0.2) is 36.5 Å². The van der Waals surface area contributed by atoms with Gasteiger partial charge in [-0.3, -0.25) is 9.36 Å².